The van der Waals surface area contributed by atoms with Gasteiger partial charge in [0.15, 0.2) is 5.11 Å². The molecule has 1 aromatic carbocycles. The van der Waals surface area contributed by atoms with Gasteiger partial charge in [0.25, 0.3) is 10.0 Å². The van der Waals surface area contributed by atoms with Crippen molar-refractivity contribution in [2.75, 3.05) is 13.6 Å². The van der Waals surface area contributed by atoms with Crippen LogP contribution in [0.25, 0.3) is 17.4 Å². The van der Waals surface area contributed by atoms with Crippen molar-refractivity contribution in [1.82, 2.24) is 15.4 Å². The number of amides is 1. The Bertz CT molecular complexity index is 1170. The van der Waals surface area contributed by atoms with E-state index >= 15 is 0 Å². The number of carbonyl (C=O) groups is 1. The van der Waals surface area contributed by atoms with Crippen molar-refractivity contribution in [1.29, 1.82) is 0 Å². The Hall–Kier alpha value is -2.95. The second kappa shape index (κ2) is 10.4. The summed E-state index contributed by atoms with van der Waals surface area (Å²) in [6, 6.07) is 12.3. The van der Waals surface area contributed by atoms with Gasteiger partial charge < -0.3 is 15.1 Å². The molecule has 0 radical (unpaired) electrons. The number of nitrogens with one attached hydrogen (secondary N) is 3. The molecule has 0 unspecified atom stereocenters. The van der Waals surface area contributed by atoms with Gasteiger partial charge in [0.2, 0.25) is 5.91 Å². The van der Waals surface area contributed by atoms with Crippen LogP contribution in [0, 0.1) is 0 Å². The molecule has 0 bridgehead atoms. The second-order valence-electron chi connectivity index (χ2n) is 6.38. The summed E-state index contributed by atoms with van der Waals surface area (Å²) in [6.45, 7) is 0.357. The van der Waals surface area contributed by atoms with Gasteiger partial charge in [0, 0.05) is 30.1 Å². The van der Waals surface area contributed by atoms with Gasteiger partial charge in [-0.05, 0) is 66.0 Å². The molecule has 3 aromatic rings. The molecule has 1 amide bonds. The van der Waals surface area contributed by atoms with E-state index in [0.717, 1.165) is 10.4 Å². The summed E-state index contributed by atoms with van der Waals surface area (Å²) in [6.07, 6.45) is 5.16. The molecule has 0 saturated carbocycles. The predicted octanol–water partition coefficient (Wildman–Crippen LogP) is 3.16. The van der Waals surface area contributed by atoms with Crippen molar-refractivity contribution in [2.24, 2.45) is 0 Å². The fourth-order valence-electron chi connectivity index (χ4n) is 2.74. The molecule has 2 heterocycles. The lowest BCUT2D eigenvalue weighted by molar-refractivity contribution is -0.116. The summed E-state index contributed by atoms with van der Waals surface area (Å²) < 4.78 is 33.5. The maximum atomic E-state index is 12.9. The zero-order chi connectivity index (χ0) is 22.3. The first-order chi connectivity index (χ1) is 14.9. The number of hydrogen-bond acceptors (Lipinski definition) is 6. The highest BCUT2D eigenvalue weighted by atomic mass is 32.2. The highest BCUT2D eigenvalue weighted by Crippen LogP contribution is 2.29. The van der Waals surface area contributed by atoms with Crippen LogP contribution >= 0.6 is 23.6 Å². The molecule has 31 heavy (non-hydrogen) atoms. The van der Waals surface area contributed by atoms with Crippen LogP contribution in [0.4, 0.5) is 0 Å². The van der Waals surface area contributed by atoms with E-state index in [1.54, 1.807) is 47.7 Å². The molecule has 0 aliphatic rings. The average Bonchev–Trinajstić information content (AvgIpc) is 3.46. The van der Waals surface area contributed by atoms with Crippen molar-refractivity contribution >= 4 is 50.7 Å². The number of sulfonamides is 1. The minimum absolute atomic E-state index is 0.0133. The number of thiophene rings is 1. The third kappa shape index (κ3) is 6.27. The fourth-order valence-corrected chi connectivity index (χ4v) is 4.91. The fraction of sp³-hybridized carbons (Fsp3) is 0.143. The summed E-state index contributed by atoms with van der Waals surface area (Å²) in [5.41, 5.74) is 1.16. The number of carbonyl (C=O) groups excluding carboxylic acids is 1. The third-order valence-corrected chi connectivity index (χ3v) is 6.89. The molecule has 7 nitrogen and oxygen atoms in total. The molecule has 0 aliphatic carbocycles. The van der Waals surface area contributed by atoms with Crippen molar-refractivity contribution in [2.45, 2.75) is 11.3 Å². The zero-order valence-electron chi connectivity index (χ0n) is 16.6. The maximum Gasteiger partial charge on any atom is 0.264 e. The van der Waals surface area contributed by atoms with Gasteiger partial charge in [0.05, 0.1) is 11.2 Å². The SMILES string of the molecule is CNC(=S)NS(=O)(=O)c1cc(CCNC(=O)C=Cc2cccs2)ccc1-c1ccco1. The number of thiocarbonyl (C=S) groups is 1. The molecule has 10 heteroatoms. The zero-order valence-corrected chi connectivity index (χ0v) is 19.1. The summed E-state index contributed by atoms with van der Waals surface area (Å²) in [4.78, 5) is 13.0. The van der Waals surface area contributed by atoms with Crippen LogP contribution in [0.5, 0.6) is 0 Å². The van der Waals surface area contributed by atoms with Crippen LogP contribution < -0.4 is 15.4 Å². The Morgan fingerprint density at radius 3 is 2.74 bits per heavy atom. The molecule has 3 N–H and O–H groups in total. The molecule has 0 saturated heterocycles. The van der Waals surface area contributed by atoms with Gasteiger partial charge in [0.1, 0.15) is 5.76 Å². The largest absolute Gasteiger partial charge is 0.464 e. The second-order valence-corrected chi connectivity index (χ2v) is 9.42. The monoisotopic (exact) mass is 475 g/mol. The standard InChI is InChI=1S/C21H21N3O4S3/c1-22-21(29)24-31(26,27)19-14-15(6-8-17(19)18-5-2-12-28-18)10-11-23-20(25)9-7-16-4-3-13-30-16/h2-9,12-14H,10-11H2,1H3,(H,23,25)(H2,22,24,29). The summed E-state index contributed by atoms with van der Waals surface area (Å²) >= 11 is 6.50. The highest BCUT2D eigenvalue weighted by molar-refractivity contribution is 7.92. The molecule has 0 fully saturated rings. The van der Waals surface area contributed by atoms with Crippen LogP contribution in [0.3, 0.4) is 0 Å². The van der Waals surface area contributed by atoms with Crippen LogP contribution in [0.2, 0.25) is 0 Å². The Kier molecular flexibility index (Phi) is 7.61. The third-order valence-electron chi connectivity index (χ3n) is 4.23. The first-order valence-corrected chi connectivity index (χ1v) is 12.1. The van der Waals surface area contributed by atoms with E-state index in [2.05, 4.69) is 15.4 Å². The van der Waals surface area contributed by atoms with Crippen LogP contribution in [-0.2, 0) is 21.2 Å². The lowest BCUT2D eigenvalue weighted by Gasteiger charge is -2.13. The molecule has 0 spiro atoms. The number of hydrogen-bond donors (Lipinski definition) is 3. The topological polar surface area (TPSA) is 100 Å². The van der Waals surface area contributed by atoms with Gasteiger partial charge >= 0.3 is 0 Å². The molecular formula is C21H21N3O4S3. The molecule has 3 rings (SSSR count). The average molecular weight is 476 g/mol. The van der Waals surface area contributed by atoms with Gasteiger partial charge in [-0.1, -0.05) is 12.1 Å². The normalized spacial score (nSPS) is 11.4. The highest BCUT2D eigenvalue weighted by Gasteiger charge is 2.22. The molecule has 0 atom stereocenters. The number of furan rings is 1. The Morgan fingerprint density at radius 1 is 1.23 bits per heavy atom. The Morgan fingerprint density at radius 2 is 2.06 bits per heavy atom. The first-order valence-electron chi connectivity index (χ1n) is 9.30. The smallest absolute Gasteiger partial charge is 0.264 e. The van der Waals surface area contributed by atoms with Gasteiger partial charge in [-0.2, -0.15) is 0 Å². The van der Waals surface area contributed by atoms with Gasteiger partial charge in [-0.15, -0.1) is 11.3 Å². The summed E-state index contributed by atoms with van der Waals surface area (Å²) in [5.74, 6) is 0.212. The van der Waals surface area contributed by atoms with Gasteiger partial charge in [-0.3, -0.25) is 9.52 Å². The van der Waals surface area contributed by atoms with E-state index in [1.807, 2.05) is 17.5 Å². The lowest BCUT2D eigenvalue weighted by atomic mass is 10.1. The summed E-state index contributed by atoms with van der Waals surface area (Å²) in [7, 11) is -2.40. The van der Waals surface area contributed by atoms with Crippen LogP contribution in [-0.4, -0.2) is 33.0 Å². The molecule has 2 aromatic heterocycles. The van der Waals surface area contributed by atoms with E-state index in [1.165, 1.54) is 19.4 Å². The van der Waals surface area contributed by atoms with Crippen molar-refractivity contribution in [3.8, 4) is 11.3 Å². The Balaban J connectivity index is 1.74. The van der Waals surface area contributed by atoms with Crippen molar-refractivity contribution < 1.29 is 17.6 Å². The van der Waals surface area contributed by atoms with Crippen LogP contribution in [0.15, 0.2) is 69.5 Å². The Labute approximate surface area is 190 Å². The number of rotatable bonds is 8. The summed E-state index contributed by atoms with van der Waals surface area (Å²) in [5, 5.41) is 7.32. The van der Waals surface area contributed by atoms with Crippen molar-refractivity contribution in [3.63, 3.8) is 0 Å². The number of benzene rings is 1. The first kappa shape index (κ1) is 22.7. The molecule has 0 aliphatic heterocycles. The van der Waals surface area contributed by atoms with Crippen molar-refractivity contribution in [3.05, 3.63) is 70.6 Å². The van der Waals surface area contributed by atoms with E-state index in [-0.39, 0.29) is 15.9 Å². The molecule has 162 valence electrons. The minimum atomic E-state index is -3.94. The predicted molar refractivity (Wildman–Crippen MR) is 126 cm³/mol. The van der Waals surface area contributed by atoms with E-state index in [0.29, 0.717) is 24.3 Å². The van der Waals surface area contributed by atoms with E-state index in [4.69, 9.17) is 16.6 Å². The maximum absolute atomic E-state index is 12.9. The van der Waals surface area contributed by atoms with Gasteiger partial charge in [-0.25, -0.2) is 8.42 Å². The van der Waals surface area contributed by atoms with Crippen LogP contribution in [0.1, 0.15) is 10.4 Å². The van der Waals surface area contributed by atoms with E-state index in [9.17, 15) is 13.2 Å². The quantitative estimate of drug-likeness (QED) is 0.342. The molecular weight excluding hydrogens is 454 g/mol. The lowest BCUT2D eigenvalue weighted by Crippen LogP contribution is -2.37. The van der Waals surface area contributed by atoms with E-state index < -0.39 is 10.0 Å². The minimum Gasteiger partial charge on any atom is -0.464 e.